The number of nitrogens with zero attached hydrogens (tertiary/aromatic N) is 1. The number of hydrogen-bond acceptors (Lipinski definition) is 4. The molecule has 0 saturated heterocycles. The molecule has 0 aliphatic rings. The van der Waals surface area contributed by atoms with Crippen molar-refractivity contribution in [3.63, 3.8) is 0 Å². The number of amides is 1. The molecular weight excluding hydrogens is 370 g/mol. The zero-order valence-electron chi connectivity index (χ0n) is 12.7. The van der Waals surface area contributed by atoms with Gasteiger partial charge in [0.05, 0.1) is 5.56 Å². The van der Waals surface area contributed by atoms with E-state index in [1.807, 2.05) is 0 Å². The van der Waals surface area contributed by atoms with Gasteiger partial charge in [0.1, 0.15) is 5.75 Å². The molecule has 0 aliphatic heterocycles. The Hall–Kier alpha value is -2.98. The van der Waals surface area contributed by atoms with Crippen molar-refractivity contribution in [2.24, 2.45) is 0 Å². The van der Waals surface area contributed by atoms with Crippen LogP contribution in [-0.2, 0) is 0 Å². The van der Waals surface area contributed by atoms with Gasteiger partial charge in [-0.2, -0.15) is 13.2 Å². The fourth-order valence-electron chi connectivity index (χ4n) is 1.70. The molecule has 0 saturated carbocycles. The number of carbonyl (C=O) groups excluding carboxylic acids is 1. The van der Waals surface area contributed by atoms with Crippen LogP contribution in [0.25, 0.3) is 0 Å². The van der Waals surface area contributed by atoms with Crippen LogP contribution in [0.5, 0.6) is 11.6 Å². The fraction of sp³-hybridized carbons (Fsp3) is 0.200. The van der Waals surface area contributed by atoms with E-state index in [0.717, 1.165) is 24.4 Å². The molecule has 0 atom stereocenters. The van der Waals surface area contributed by atoms with Gasteiger partial charge in [0.15, 0.2) is 6.61 Å². The van der Waals surface area contributed by atoms with Gasteiger partial charge < -0.3 is 14.8 Å². The van der Waals surface area contributed by atoms with Crippen molar-refractivity contribution >= 4 is 11.6 Å². The lowest BCUT2D eigenvalue weighted by molar-refractivity contribution is -0.274. The zero-order valence-corrected chi connectivity index (χ0v) is 12.7. The number of ether oxygens (including phenoxy) is 2. The number of alkyl halides is 6. The van der Waals surface area contributed by atoms with Crippen LogP contribution in [0.2, 0.25) is 0 Å². The van der Waals surface area contributed by atoms with Crippen LogP contribution in [0.15, 0.2) is 42.6 Å². The van der Waals surface area contributed by atoms with E-state index in [1.54, 1.807) is 0 Å². The van der Waals surface area contributed by atoms with Gasteiger partial charge in [-0.25, -0.2) is 4.98 Å². The molecule has 26 heavy (non-hydrogen) atoms. The first-order valence-electron chi connectivity index (χ1n) is 6.85. The molecule has 0 unspecified atom stereocenters. The Bertz CT molecular complexity index is 742. The Labute approximate surface area is 142 Å². The molecule has 0 radical (unpaired) electrons. The number of carbonyl (C=O) groups is 1. The summed E-state index contributed by atoms with van der Waals surface area (Å²) in [7, 11) is 0. The molecule has 1 N–H and O–H groups in total. The summed E-state index contributed by atoms with van der Waals surface area (Å²) >= 11 is 0. The number of hydrogen-bond donors (Lipinski definition) is 1. The Morgan fingerprint density at radius 2 is 1.65 bits per heavy atom. The van der Waals surface area contributed by atoms with E-state index < -0.39 is 30.8 Å². The van der Waals surface area contributed by atoms with Gasteiger partial charge in [0.25, 0.3) is 5.91 Å². The van der Waals surface area contributed by atoms with Crippen molar-refractivity contribution in [1.82, 2.24) is 4.98 Å². The van der Waals surface area contributed by atoms with Crippen LogP contribution in [0.1, 0.15) is 10.4 Å². The van der Waals surface area contributed by atoms with Crippen LogP contribution >= 0.6 is 0 Å². The minimum atomic E-state index is -4.83. The predicted molar refractivity (Wildman–Crippen MR) is 76.9 cm³/mol. The molecule has 1 amide bonds. The molecule has 0 aliphatic carbocycles. The third-order valence-electron chi connectivity index (χ3n) is 2.73. The van der Waals surface area contributed by atoms with Gasteiger partial charge in [-0.3, -0.25) is 4.79 Å². The highest BCUT2D eigenvalue weighted by Gasteiger charge is 2.31. The second-order valence-electron chi connectivity index (χ2n) is 4.82. The number of rotatable bonds is 5. The van der Waals surface area contributed by atoms with Crippen molar-refractivity contribution in [2.75, 3.05) is 11.9 Å². The van der Waals surface area contributed by atoms with E-state index in [9.17, 15) is 31.1 Å². The molecule has 1 aromatic heterocycles. The fourth-order valence-corrected chi connectivity index (χ4v) is 1.70. The van der Waals surface area contributed by atoms with Gasteiger partial charge in [0, 0.05) is 18.0 Å². The summed E-state index contributed by atoms with van der Waals surface area (Å²) in [4.78, 5) is 15.5. The lowest BCUT2D eigenvalue weighted by Crippen LogP contribution is -2.19. The number of aromatic nitrogens is 1. The molecular formula is C15H10F6N2O3. The highest BCUT2D eigenvalue weighted by Crippen LogP contribution is 2.24. The monoisotopic (exact) mass is 380 g/mol. The molecule has 11 heteroatoms. The van der Waals surface area contributed by atoms with E-state index in [4.69, 9.17) is 0 Å². The predicted octanol–water partition coefficient (Wildman–Crippen LogP) is 4.17. The average Bonchev–Trinajstić information content (AvgIpc) is 2.53. The van der Waals surface area contributed by atoms with Crippen LogP contribution in [0, 0.1) is 0 Å². The highest BCUT2D eigenvalue weighted by molar-refractivity contribution is 6.04. The molecule has 5 nitrogen and oxygen atoms in total. The van der Waals surface area contributed by atoms with Crippen LogP contribution in [0.4, 0.5) is 32.0 Å². The summed E-state index contributed by atoms with van der Waals surface area (Å²) in [5, 5.41) is 2.39. The number of anilines is 1. The van der Waals surface area contributed by atoms with Crippen LogP contribution in [0.3, 0.4) is 0 Å². The van der Waals surface area contributed by atoms with Gasteiger partial charge in [-0.05, 0) is 30.3 Å². The largest absolute Gasteiger partial charge is 0.573 e. The van der Waals surface area contributed by atoms with E-state index in [2.05, 4.69) is 19.8 Å². The van der Waals surface area contributed by atoms with Gasteiger partial charge in [-0.15, -0.1) is 13.2 Å². The number of benzene rings is 1. The lowest BCUT2D eigenvalue weighted by Gasteiger charge is -2.10. The molecule has 1 aromatic carbocycles. The minimum Gasteiger partial charge on any atom is -0.468 e. The smallest absolute Gasteiger partial charge is 0.468 e. The molecule has 0 fully saturated rings. The number of pyridine rings is 1. The van der Waals surface area contributed by atoms with Crippen molar-refractivity contribution in [1.29, 1.82) is 0 Å². The SMILES string of the molecule is O=C(Nc1ccc(OC(F)(F)F)cc1)c1ccc(OCC(F)(F)F)nc1. The standard InChI is InChI=1S/C15H10F6N2O3/c16-14(17,18)8-25-12-6-1-9(7-22-12)13(24)23-10-2-4-11(5-3-10)26-15(19,20)21/h1-7H,8H2,(H,23,24). The maximum Gasteiger partial charge on any atom is 0.573 e. The normalized spacial score (nSPS) is 11.8. The first kappa shape index (κ1) is 19.3. The quantitative estimate of drug-likeness (QED) is 0.791. The van der Waals surface area contributed by atoms with Gasteiger partial charge in [-0.1, -0.05) is 0 Å². The summed E-state index contributed by atoms with van der Waals surface area (Å²) in [6.07, 6.45) is -8.34. The first-order chi connectivity index (χ1) is 12.0. The molecule has 2 rings (SSSR count). The Morgan fingerprint density at radius 3 is 2.15 bits per heavy atom. The molecule has 1 heterocycles. The van der Waals surface area contributed by atoms with E-state index in [-0.39, 0.29) is 17.1 Å². The van der Waals surface area contributed by atoms with Crippen molar-refractivity contribution in [3.05, 3.63) is 48.2 Å². The topological polar surface area (TPSA) is 60.5 Å². The van der Waals surface area contributed by atoms with E-state index >= 15 is 0 Å². The molecule has 0 spiro atoms. The second kappa shape index (κ2) is 7.50. The van der Waals surface area contributed by atoms with Gasteiger partial charge in [0.2, 0.25) is 5.88 Å². The van der Waals surface area contributed by atoms with E-state index in [1.165, 1.54) is 18.2 Å². The third kappa shape index (κ3) is 6.49. The number of halogens is 6. The molecule has 140 valence electrons. The minimum absolute atomic E-state index is 0.0139. The molecule has 0 bridgehead atoms. The first-order valence-corrected chi connectivity index (χ1v) is 6.85. The zero-order chi connectivity index (χ0) is 19.4. The van der Waals surface area contributed by atoms with Crippen molar-refractivity contribution in [2.45, 2.75) is 12.5 Å². The van der Waals surface area contributed by atoms with Crippen molar-refractivity contribution < 1.29 is 40.6 Å². The highest BCUT2D eigenvalue weighted by atomic mass is 19.4. The average molecular weight is 380 g/mol. The Kier molecular flexibility index (Phi) is 5.58. The summed E-state index contributed by atoms with van der Waals surface area (Å²) in [5.74, 6) is -1.43. The number of nitrogens with one attached hydrogen (secondary N) is 1. The van der Waals surface area contributed by atoms with E-state index in [0.29, 0.717) is 0 Å². The summed E-state index contributed by atoms with van der Waals surface area (Å²) in [5.41, 5.74) is 0.196. The second-order valence-corrected chi connectivity index (χ2v) is 4.82. The lowest BCUT2D eigenvalue weighted by atomic mass is 10.2. The Balaban J connectivity index is 1.95. The summed E-state index contributed by atoms with van der Waals surface area (Å²) in [6, 6.07) is 6.67. The third-order valence-corrected chi connectivity index (χ3v) is 2.73. The molecule has 2 aromatic rings. The van der Waals surface area contributed by atoms with Gasteiger partial charge >= 0.3 is 12.5 Å². The maximum absolute atomic E-state index is 12.1. The maximum atomic E-state index is 12.1. The summed E-state index contributed by atoms with van der Waals surface area (Å²) in [6.45, 7) is -1.52. The van der Waals surface area contributed by atoms with Crippen LogP contribution in [-0.4, -0.2) is 30.0 Å². The Morgan fingerprint density at radius 1 is 1.00 bits per heavy atom. The van der Waals surface area contributed by atoms with Crippen LogP contribution < -0.4 is 14.8 Å². The summed E-state index contributed by atoms with van der Waals surface area (Å²) < 4.78 is 80.3. The van der Waals surface area contributed by atoms with Crippen molar-refractivity contribution in [3.8, 4) is 11.6 Å².